The smallest absolute Gasteiger partial charge is 0.242 e. The van der Waals surface area contributed by atoms with Gasteiger partial charge in [0.05, 0.1) is 17.9 Å². The van der Waals surface area contributed by atoms with Gasteiger partial charge in [-0.15, -0.1) is 12.3 Å². The maximum Gasteiger partial charge on any atom is 0.242 e. The molecule has 0 aromatic carbocycles. The Hall–Kier alpha value is -1.86. The third-order valence-corrected chi connectivity index (χ3v) is 1.85. The SMILES string of the molecule is C#CCC(N)C(=O)Nc1ccc(C)nc1. The molecule has 3 N–H and O–H groups in total. The summed E-state index contributed by atoms with van der Waals surface area (Å²) in [5, 5.41) is 2.63. The summed E-state index contributed by atoms with van der Waals surface area (Å²) in [4.78, 5) is 15.5. The molecule has 1 heterocycles. The maximum absolute atomic E-state index is 11.4. The van der Waals surface area contributed by atoms with Crippen molar-refractivity contribution in [2.24, 2.45) is 5.73 Å². The van der Waals surface area contributed by atoms with Gasteiger partial charge in [0.1, 0.15) is 0 Å². The Morgan fingerprint density at radius 1 is 1.73 bits per heavy atom. The predicted molar refractivity (Wildman–Crippen MR) is 59.0 cm³/mol. The van der Waals surface area contributed by atoms with Gasteiger partial charge in [0.2, 0.25) is 5.91 Å². The van der Waals surface area contributed by atoms with E-state index in [-0.39, 0.29) is 12.3 Å². The number of carbonyl (C=O) groups excluding carboxylic acids is 1. The predicted octanol–water partition coefficient (Wildman–Crippen LogP) is 0.679. The van der Waals surface area contributed by atoms with Crippen LogP contribution in [-0.4, -0.2) is 16.9 Å². The standard InChI is InChI=1S/C11H13N3O/c1-3-4-10(12)11(15)14-9-6-5-8(2)13-7-9/h1,5-7,10H,4,12H2,2H3,(H,14,15). The van der Waals surface area contributed by atoms with Gasteiger partial charge in [-0.25, -0.2) is 0 Å². The van der Waals surface area contributed by atoms with Crippen molar-refractivity contribution in [3.05, 3.63) is 24.0 Å². The van der Waals surface area contributed by atoms with E-state index in [4.69, 9.17) is 12.2 Å². The third kappa shape index (κ3) is 3.41. The summed E-state index contributed by atoms with van der Waals surface area (Å²) in [6.45, 7) is 1.87. The average molecular weight is 203 g/mol. The highest BCUT2D eigenvalue weighted by Gasteiger charge is 2.11. The van der Waals surface area contributed by atoms with Crippen molar-refractivity contribution >= 4 is 11.6 Å². The summed E-state index contributed by atoms with van der Waals surface area (Å²) in [7, 11) is 0. The molecule has 0 aliphatic heterocycles. The highest BCUT2D eigenvalue weighted by atomic mass is 16.2. The molecule has 1 aromatic heterocycles. The molecule has 0 spiro atoms. The minimum atomic E-state index is -0.670. The number of hydrogen-bond acceptors (Lipinski definition) is 3. The molecule has 15 heavy (non-hydrogen) atoms. The summed E-state index contributed by atoms with van der Waals surface area (Å²) in [5.41, 5.74) is 7.04. The number of pyridine rings is 1. The Labute approximate surface area is 88.9 Å². The largest absolute Gasteiger partial charge is 0.323 e. The number of aryl methyl sites for hydroxylation is 1. The van der Waals surface area contributed by atoms with Gasteiger partial charge in [-0.2, -0.15) is 0 Å². The van der Waals surface area contributed by atoms with Crippen LogP contribution in [0, 0.1) is 19.3 Å². The Balaban J connectivity index is 2.59. The van der Waals surface area contributed by atoms with Crippen LogP contribution in [0.2, 0.25) is 0 Å². The second-order valence-corrected chi connectivity index (χ2v) is 3.19. The lowest BCUT2D eigenvalue weighted by Crippen LogP contribution is -2.35. The van der Waals surface area contributed by atoms with Gasteiger partial charge >= 0.3 is 0 Å². The number of rotatable bonds is 3. The lowest BCUT2D eigenvalue weighted by molar-refractivity contribution is -0.117. The number of nitrogens with two attached hydrogens (primary N) is 1. The molecule has 1 unspecified atom stereocenters. The summed E-state index contributed by atoms with van der Waals surface area (Å²) in [6.07, 6.45) is 6.86. The van der Waals surface area contributed by atoms with Crippen molar-refractivity contribution in [3.8, 4) is 12.3 Å². The zero-order chi connectivity index (χ0) is 11.3. The highest BCUT2D eigenvalue weighted by molar-refractivity contribution is 5.94. The van der Waals surface area contributed by atoms with Crippen molar-refractivity contribution in [2.45, 2.75) is 19.4 Å². The summed E-state index contributed by atoms with van der Waals surface area (Å²) >= 11 is 0. The molecule has 0 aliphatic rings. The van der Waals surface area contributed by atoms with Crippen LogP contribution < -0.4 is 11.1 Å². The average Bonchev–Trinajstić information content (AvgIpc) is 2.22. The maximum atomic E-state index is 11.4. The third-order valence-electron chi connectivity index (χ3n) is 1.85. The minimum Gasteiger partial charge on any atom is -0.323 e. The van der Waals surface area contributed by atoms with Crippen LogP contribution in [0.3, 0.4) is 0 Å². The quantitative estimate of drug-likeness (QED) is 0.710. The van der Waals surface area contributed by atoms with Gasteiger partial charge in [-0.1, -0.05) is 0 Å². The Kier molecular flexibility index (Phi) is 3.83. The summed E-state index contributed by atoms with van der Waals surface area (Å²) in [6, 6.07) is 2.90. The molecular weight excluding hydrogens is 190 g/mol. The van der Waals surface area contributed by atoms with E-state index in [9.17, 15) is 4.79 Å². The van der Waals surface area contributed by atoms with Crippen molar-refractivity contribution < 1.29 is 4.79 Å². The molecule has 4 heteroatoms. The lowest BCUT2D eigenvalue weighted by atomic mass is 10.2. The van der Waals surface area contributed by atoms with Crippen molar-refractivity contribution in [1.82, 2.24) is 4.98 Å². The van der Waals surface area contributed by atoms with Gasteiger partial charge in [-0.05, 0) is 19.1 Å². The zero-order valence-electron chi connectivity index (χ0n) is 8.53. The minimum absolute atomic E-state index is 0.227. The molecule has 1 amide bonds. The fourth-order valence-corrected chi connectivity index (χ4v) is 0.996. The second kappa shape index (κ2) is 5.13. The van der Waals surface area contributed by atoms with E-state index < -0.39 is 6.04 Å². The number of hydrogen-bond donors (Lipinski definition) is 2. The van der Waals surface area contributed by atoms with Crippen LogP contribution in [0.25, 0.3) is 0 Å². The van der Waals surface area contributed by atoms with E-state index in [0.29, 0.717) is 5.69 Å². The van der Waals surface area contributed by atoms with E-state index in [1.54, 1.807) is 12.3 Å². The zero-order valence-corrected chi connectivity index (χ0v) is 8.53. The lowest BCUT2D eigenvalue weighted by Gasteiger charge is -2.09. The van der Waals surface area contributed by atoms with Crippen LogP contribution in [-0.2, 0) is 4.79 Å². The number of anilines is 1. The van der Waals surface area contributed by atoms with Gasteiger partial charge in [0.25, 0.3) is 0 Å². The molecule has 0 aliphatic carbocycles. The second-order valence-electron chi connectivity index (χ2n) is 3.19. The molecule has 1 aromatic rings. The summed E-state index contributed by atoms with van der Waals surface area (Å²) in [5.74, 6) is 2.05. The van der Waals surface area contributed by atoms with Gasteiger partial charge in [-0.3, -0.25) is 9.78 Å². The molecular formula is C11H13N3O. The van der Waals surface area contributed by atoms with Gasteiger partial charge in [0.15, 0.2) is 0 Å². The van der Waals surface area contributed by atoms with Gasteiger partial charge < -0.3 is 11.1 Å². The monoisotopic (exact) mass is 203 g/mol. The van der Waals surface area contributed by atoms with Crippen LogP contribution >= 0.6 is 0 Å². The highest BCUT2D eigenvalue weighted by Crippen LogP contribution is 2.05. The van der Waals surface area contributed by atoms with Crippen molar-refractivity contribution in [1.29, 1.82) is 0 Å². The first-order valence-corrected chi connectivity index (χ1v) is 4.56. The van der Waals surface area contributed by atoms with E-state index in [2.05, 4.69) is 16.2 Å². The fraction of sp³-hybridized carbons (Fsp3) is 0.273. The fourth-order valence-electron chi connectivity index (χ4n) is 0.996. The van der Waals surface area contributed by atoms with Crippen molar-refractivity contribution in [3.63, 3.8) is 0 Å². The van der Waals surface area contributed by atoms with Crippen LogP contribution in [0.15, 0.2) is 18.3 Å². The van der Waals surface area contributed by atoms with Crippen LogP contribution in [0.4, 0.5) is 5.69 Å². The molecule has 78 valence electrons. The topological polar surface area (TPSA) is 68.0 Å². The van der Waals surface area contributed by atoms with Gasteiger partial charge in [0, 0.05) is 12.1 Å². The van der Waals surface area contributed by atoms with E-state index in [1.165, 1.54) is 0 Å². The van der Waals surface area contributed by atoms with Crippen molar-refractivity contribution in [2.75, 3.05) is 5.32 Å². The first-order chi connectivity index (χ1) is 7.13. The molecule has 0 saturated heterocycles. The van der Waals surface area contributed by atoms with E-state index >= 15 is 0 Å². The van der Waals surface area contributed by atoms with Crippen LogP contribution in [0.1, 0.15) is 12.1 Å². The molecule has 1 atom stereocenters. The number of nitrogens with one attached hydrogen (secondary N) is 1. The first kappa shape index (κ1) is 11.2. The molecule has 0 radical (unpaired) electrons. The number of carbonyl (C=O) groups is 1. The molecule has 0 fully saturated rings. The Morgan fingerprint density at radius 2 is 2.47 bits per heavy atom. The van der Waals surface area contributed by atoms with E-state index in [0.717, 1.165) is 5.69 Å². The number of amides is 1. The number of terminal acetylenes is 1. The molecule has 1 rings (SSSR count). The Morgan fingerprint density at radius 3 is 3.00 bits per heavy atom. The van der Waals surface area contributed by atoms with Crippen LogP contribution in [0.5, 0.6) is 0 Å². The normalized spacial score (nSPS) is 11.5. The number of nitrogens with zero attached hydrogens (tertiary/aromatic N) is 1. The Bertz CT molecular complexity index is 378. The molecule has 4 nitrogen and oxygen atoms in total. The molecule has 0 saturated carbocycles. The molecule has 0 bridgehead atoms. The van der Waals surface area contributed by atoms with E-state index in [1.807, 2.05) is 13.0 Å². The first-order valence-electron chi connectivity index (χ1n) is 4.56. The number of aromatic nitrogens is 1. The summed E-state index contributed by atoms with van der Waals surface area (Å²) < 4.78 is 0.